The Kier molecular flexibility index (Phi) is 3.48. The van der Waals surface area contributed by atoms with Crippen molar-refractivity contribution in [3.63, 3.8) is 0 Å². The van der Waals surface area contributed by atoms with Gasteiger partial charge in [0.05, 0.1) is 23.3 Å². The Morgan fingerprint density at radius 3 is 2.31 bits per heavy atom. The summed E-state index contributed by atoms with van der Waals surface area (Å²) in [5.41, 5.74) is -1.18. The highest BCUT2D eigenvalue weighted by atomic mass is 35.5. The molecule has 2 nitrogen and oxygen atoms in total. The van der Waals surface area contributed by atoms with Crippen LogP contribution in [0.25, 0.3) is 0 Å². The van der Waals surface area contributed by atoms with E-state index in [4.69, 9.17) is 16.3 Å². The first-order valence-corrected chi connectivity index (χ1v) is 4.61. The standard InChI is InChI=1S/C10H8ClF3O2/c1-5(15)6-3-7(10(12,13)14)8(11)4-9(6)16-2/h3-4H,1-2H3. The molecule has 0 spiro atoms. The Bertz CT molecular complexity index is 427. The maximum atomic E-state index is 12.5. The third kappa shape index (κ3) is 2.47. The normalized spacial score (nSPS) is 11.4. The molecule has 6 heteroatoms. The van der Waals surface area contributed by atoms with E-state index in [9.17, 15) is 18.0 Å². The molecule has 0 amide bonds. The number of carbonyl (C=O) groups excluding carboxylic acids is 1. The van der Waals surface area contributed by atoms with Gasteiger partial charge in [-0.1, -0.05) is 11.6 Å². The van der Waals surface area contributed by atoms with Crippen LogP contribution in [0.15, 0.2) is 12.1 Å². The van der Waals surface area contributed by atoms with Crippen molar-refractivity contribution >= 4 is 17.4 Å². The van der Waals surface area contributed by atoms with Crippen LogP contribution in [-0.2, 0) is 6.18 Å². The molecule has 0 aromatic heterocycles. The molecule has 0 atom stereocenters. The van der Waals surface area contributed by atoms with Gasteiger partial charge in [-0.05, 0) is 13.0 Å². The van der Waals surface area contributed by atoms with Crippen LogP contribution in [0.2, 0.25) is 5.02 Å². The zero-order valence-electron chi connectivity index (χ0n) is 8.48. The zero-order valence-corrected chi connectivity index (χ0v) is 9.24. The molecule has 0 bridgehead atoms. The van der Waals surface area contributed by atoms with Gasteiger partial charge in [0.25, 0.3) is 0 Å². The van der Waals surface area contributed by atoms with Crippen LogP contribution < -0.4 is 4.74 Å². The number of Topliss-reactive ketones (excluding diaryl/α,β-unsaturated/α-hetero) is 1. The molecule has 88 valence electrons. The van der Waals surface area contributed by atoms with E-state index in [0.29, 0.717) is 6.07 Å². The van der Waals surface area contributed by atoms with Crippen molar-refractivity contribution < 1.29 is 22.7 Å². The van der Waals surface area contributed by atoms with E-state index < -0.39 is 22.5 Å². The van der Waals surface area contributed by atoms with Gasteiger partial charge in [0, 0.05) is 6.07 Å². The second-order valence-corrected chi connectivity index (χ2v) is 3.49. The van der Waals surface area contributed by atoms with Gasteiger partial charge < -0.3 is 4.74 Å². The van der Waals surface area contributed by atoms with Gasteiger partial charge in [0.15, 0.2) is 5.78 Å². The fourth-order valence-electron chi connectivity index (χ4n) is 1.22. The molecule has 16 heavy (non-hydrogen) atoms. The minimum Gasteiger partial charge on any atom is -0.496 e. The molecule has 0 aliphatic heterocycles. The molecule has 0 aliphatic carbocycles. The van der Waals surface area contributed by atoms with Crippen LogP contribution >= 0.6 is 11.6 Å². The summed E-state index contributed by atoms with van der Waals surface area (Å²) >= 11 is 5.46. The van der Waals surface area contributed by atoms with Crippen molar-refractivity contribution in [2.75, 3.05) is 7.11 Å². The Hall–Kier alpha value is -1.23. The first-order valence-electron chi connectivity index (χ1n) is 4.23. The lowest BCUT2D eigenvalue weighted by molar-refractivity contribution is -0.137. The third-order valence-corrected chi connectivity index (χ3v) is 2.29. The lowest BCUT2D eigenvalue weighted by atomic mass is 10.1. The molecule has 1 aromatic rings. The summed E-state index contributed by atoms with van der Waals surface area (Å²) in [7, 11) is 1.26. The highest BCUT2D eigenvalue weighted by Crippen LogP contribution is 2.38. The van der Waals surface area contributed by atoms with Gasteiger partial charge in [-0.25, -0.2) is 0 Å². The quantitative estimate of drug-likeness (QED) is 0.752. The lowest BCUT2D eigenvalue weighted by Gasteiger charge is -2.13. The van der Waals surface area contributed by atoms with Crippen molar-refractivity contribution in [1.82, 2.24) is 0 Å². The Labute approximate surface area is 95.0 Å². The second-order valence-electron chi connectivity index (χ2n) is 3.09. The number of halogens is 4. The summed E-state index contributed by atoms with van der Waals surface area (Å²) in [6, 6.07) is 1.69. The van der Waals surface area contributed by atoms with Crippen LogP contribution in [0.1, 0.15) is 22.8 Å². The number of ketones is 1. The smallest absolute Gasteiger partial charge is 0.417 e. The Morgan fingerprint density at radius 1 is 1.38 bits per heavy atom. The first kappa shape index (κ1) is 12.8. The zero-order chi connectivity index (χ0) is 12.5. The first-order chi connectivity index (χ1) is 7.27. The molecular weight excluding hydrogens is 245 g/mol. The average molecular weight is 253 g/mol. The molecule has 0 saturated carbocycles. The van der Waals surface area contributed by atoms with Gasteiger partial charge in [0.1, 0.15) is 5.75 Å². The topological polar surface area (TPSA) is 26.3 Å². The van der Waals surface area contributed by atoms with Crippen LogP contribution in [0.5, 0.6) is 5.75 Å². The van der Waals surface area contributed by atoms with E-state index in [2.05, 4.69) is 0 Å². The maximum absolute atomic E-state index is 12.5. The summed E-state index contributed by atoms with van der Waals surface area (Å²) in [6.07, 6.45) is -4.59. The Balaban J connectivity index is 3.45. The minimum atomic E-state index is -4.59. The van der Waals surface area contributed by atoms with E-state index in [-0.39, 0.29) is 11.3 Å². The number of ether oxygens (including phenoxy) is 1. The number of rotatable bonds is 2. The molecule has 0 heterocycles. The molecule has 1 aromatic carbocycles. The highest BCUT2D eigenvalue weighted by molar-refractivity contribution is 6.31. The molecule has 0 radical (unpaired) electrons. The summed E-state index contributed by atoms with van der Waals surface area (Å²) in [6.45, 7) is 1.16. The van der Waals surface area contributed by atoms with E-state index >= 15 is 0 Å². The number of alkyl halides is 3. The van der Waals surface area contributed by atoms with Crippen molar-refractivity contribution in [3.8, 4) is 5.75 Å². The largest absolute Gasteiger partial charge is 0.496 e. The SMILES string of the molecule is COc1cc(Cl)c(C(F)(F)F)cc1C(C)=O. The van der Waals surface area contributed by atoms with Crippen LogP contribution in [0, 0.1) is 0 Å². The molecule has 0 aliphatic rings. The summed E-state index contributed by atoms with van der Waals surface area (Å²) in [5, 5.41) is -0.491. The molecule has 1 rings (SSSR count). The van der Waals surface area contributed by atoms with Crippen LogP contribution in [0.3, 0.4) is 0 Å². The molecule has 0 fully saturated rings. The summed E-state index contributed by atoms with van der Waals surface area (Å²) in [4.78, 5) is 11.1. The monoisotopic (exact) mass is 252 g/mol. The van der Waals surface area contributed by atoms with E-state index in [0.717, 1.165) is 13.0 Å². The lowest BCUT2D eigenvalue weighted by Crippen LogP contribution is -2.09. The molecule has 0 saturated heterocycles. The van der Waals surface area contributed by atoms with Gasteiger partial charge in [0.2, 0.25) is 0 Å². The van der Waals surface area contributed by atoms with E-state index in [1.165, 1.54) is 7.11 Å². The van der Waals surface area contributed by atoms with Crippen molar-refractivity contribution in [2.45, 2.75) is 13.1 Å². The molecule has 0 unspecified atom stereocenters. The third-order valence-electron chi connectivity index (χ3n) is 1.97. The van der Waals surface area contributed by atoms with Crippen molar-refractivity contribution in [1.29, 1.82) is 0 Å². The number of methoxy groups -OCH3 is 1. The molecule has 0 N–H and O–H groups in total. The summed E-state index contributed by atoms with van der Waals surface area (Å²) in [5.74, 6) is -0.482. The second kappa shape index (κ2) is 4.33. The fourth-order valence-corrected chi connectivity index (χ4v) is 1.48. The summed E-state index contributed by atoms with van der Waals surface area (Å²) < 4.78 is 42.3. The van der Waals surface area contributed by atoms with Gasteiger partial charge in [-0.2, -0.15) is 13.2 Å². The van der Waals surface area contributed by atoms with E-state index in [1.54, 1.807) is 0 Å². The number of carbonyl (C=O) groups is 1. The number of hydrogen-bond acceptors (Lipinski definition) is 2. The number of hydrogen-bond donors (Lipinski definition) is 0. The highest BCUT2D eigenvalue weighted by Gasteiger charge is 2.34. The molecular formula is C10H8ClF3O2. The van der Waals surface area contributed by atoms with Crippen LogP contribution in [0.4, 0.5) is 13.2 Å². The van der Waals surface area contributed by atoms with Crippen LogP contribution in [-0.4, -0.2) is 12.9 Å². The van der Waals surface area contributed by atoms with Gasteiger partial charge in [-0.15, -0.1) is 0 Å². The maximum Gasteiger partial charge on any atom is 0.417 e. The van der Waals surface area contributed by atoms with E-state index in [1.807, 2.05) is 0 Å². The number of benzene rings is 1. The average Bonchev–Trinajstić information content (AvgIpc) is 2.14. The Morgan fingerprint density at radius 2 is 1.94 bits per heavy atom. The van der Waals surface area contributed by atoms with Gasteiger partial charge in [-0.3, -0.25) is 4.79 Å². The van der Waals surface area contributed by atoms with Crippen molar-refractivity contribution in [2.24, 2.45) is 0 Å². The van der Waals surface area contributed by atoms with Crippen molar-refractivity contribution in [3.05, 3.63) is 28.3 Å². The minimum absolute atomic E-state index is 0.0329. The fraction of sp³-hybridized carbons (Fsp3) is 0.300. The predicted octanol–water partition coefficient (Wildman–Crippen LogP) is 3.57. The predicted molar refractivity (Wildman–Crippen MR) is 53.0 cm³/mol. The van der Waals surface area contributed by atoms with Gasteiger partial charge >= 0.3 is 6.18 Å².